The van der Waals surface area contributed by atoms with E-state index in [-0.39, 0.29) is 0 Å². The molecule has 0 amide bonds. The van der Waals surface area contributed by atoms with Crippen molar-refractivity contribution >= 4 is 33.3 Å². The highest BCUT2D eigenvalue weighted by atomic mass is 33.1. The number of rotatable bonds is 0. The molecule has 2 rings (SSSR count). The summed E-state index contributed by atoms with van der Waals surface area (Å²) in [5.41, 5.74) is 0.806. The van der Waals surface area contributed by atoms with Crippen LogP contribution in [0.3, 0.4) is 0 Å². The first kappa shape index (κ1) is 5.81. The molecular weight excluding hydrogens is 156 g/mol. The normalized spacial score (nSPS) is 33.0. The Morgan fingerprint density at radius 1 is 0.875 bits per heavy atom. The van der Waals surface area contributed by atoms with Gasteiger partial charge in [0.25, 0.3) is 0 Å². The third kappa shape index (κ3) is 0.792. The van der Waals surface area contributed by atoms with Gasteiger partial charge < -0.3 is 0 Å². The van der Waals surface area contributed by atoms with E-state index in [1.165, 1.54) is 23.0 Å². The first-order chi connectivity index (χ1) is 3.91. The standard InChI is InChI=1S/C5H8S3/c1-5(2-6-1)3-7-8-4-5/h1-4H2. The van der Waals surface area contributed by atoms with Crippen molar-refractivity contribution in [2.45, 2.75) is 0 Å². The Morgan fingerprint density at radius 3 is 1.75 bits per heavy atom. The molecule has 0 unspecified atom stereocenters. The summed E-state index contributed by atoms with van der Waals surface area (Å²) in [6, 6.07) is 0. The first-order valence-electron chi connectivity index (χ1n) is 2.74. The van der Waals surface area contributed by atoms with Crippen LogP contribution < -0.4 is 0 Å². The van der Waals surface area contributed by atoms with Gasteiger partial charge in [0.1, 0.15) is 0 Å². The van der Waals surface area contributed by atoms with Crippen molar-refractivity contribution in [1.29, 1.82) is 0 Å². The predicted octanol–water partition coefficient (Wildman–Crippen LogP) is 2.11. The van der Waals surface area contributed by atoms with E-state index >= 15 is 0 Å². The summed E-state index contributed by atoms with van der Waals surface area (Å²) in [6.45, 7) is 0. The summed E-state index contributed by atoms with van der Waals surface area (Å²) in [5, 5.41) is 0. The zero-order valence-corrected chi connectivity index (χ0v) is 7.00. The van der Waals surface area contributed by atoms with E-state index in [0.717, 1.165) is 5.41 Å². The van der Waals surface area contributed by atoms with Crippen LogP contribution in [0.4, 0.5) is 0 Å². The molecular formula is C5H8S3. The summed E-state index contributed by atoms with van der Waals surface area (Å²) in [7, 11) is 4.12. The molecule has 3 heteroatoms. The monoisotopic (exact) mass is 164 g/mol. The lowest BCUT2D eigenvalue weighted by atomic mass is 9.98. The van der Waals surface area contributed by atoms with Gasteiger partial charge >= 0.3 is 0 Å². The van der Waals surface area contributed by atoms with Gasteiger partial charge in [-0.05, 0) is 0 Å². The number of hydrogen-bond acceptors (Lipinski definition) is 3. The number of thioether (sulfide) groups is 1. The smallest absolute Gasteiger partial charge is 0.0118 e. The summed E-state index contributed by atoms with van der Waals surface area (Å²) < 4.78 is 0. The van der Waals surface area contributed by atoms with Crippen molar-refractivity contribution in [2.75, 3.05) is 23.0 Å². The highest BCUT2D eigenvalue weighted by molar-refractivity contribution is 8.77. The molecule has 0 atom stereocenters. The molecule has 0 nitrogen and oxygen atoms in total. The molecule has 2 aliphatic heterocycles. The highest BCUT2D eigenvalue weighted by Crippen LogP contribution is 2.51. The van der Waals surface area contributed by atoms with E-state index in [1.54, 1.807) is 0 Å². The van der Waals surface area contributed by atoms with E-state index < -0.39 is 0 Å². The van der Waals surface area contributed by atoms with Gasteiger partial charge in [0, 0.05) is 28.4 Å². The van der Waals surface area contributed by atoms with Crippen LogP contribution in [0.1, 0.15) is 0 Å². The van der Waals surface area contributed by atoms with Crippen LogP contribution in [-0.2, 0) is 0 Å². The minimum atomic E-state index is 0.806. The molecule has 8 heavy (non-hydrogen) atoms. The van der Waals surface area contributed by atoms with E-state index in [4.69, 9.17) is 0 Å². The van der Waals surface area contributed by atoms with Crippen molar-refractivity contribution in [3.63, 3.8) is 0 Å². The molecule has 0 aromatic rings. The quantitative estimate of drug-likeness (QED) is 0.503. The fourth-order valence-electron chi connectivity index (χ4n) is 0.932. The molecule has 0 aromatic carbocycles. The van der Waals surface area contributed by atoms with Crippen LogP contribution in [-0.4, -0.2) is 23.0 Å². The van der Waals surface area contributed by atoms with E-state index in [1.807, 2.05) is 0 Å². The average Bonchev–Trinajstić information content (AvgIpc) is 2.07. The molecule has 0 bridgehead atoms. The van der Waals surface area contributed by atoms with Crippen molar-refractivity contribution in [3.05, 3.63) is 0 Å². The van der Waals surface area contributed by atoms with Crippen molar-refractivity contribution < 1.29 is 0 Å². The Labute approximate surface area is 62.0 Å². The lowest BCUT2D eigenvalue weighted by molar-refractivity contribution is 0.491. The molecule has 0 N–H and O–H groups in total. The van der Waals surface area contributed by atoms with Crippen LogP contribution in [0.2, 0.25) is 0 Å². The second kappa shape index (κ2) is 2.03. The third-order valence-electron chi connectivity index (χ3n) is 1.63. The van der Waals surface area contributed by atoms with E-state index in [2.05, 4.69) is 33.3 Å². The van der Waals surface area contributed by atoms with Crippen molar-refractivity contribution in [1.82, 2.24) is 0 Å². The Hall–Kier alpha value is 1.05. The first-order valence-corrected chi connectivity index (χ1v) is 6.38. The molecule has 0 aromatic heterocycles. The van der Waals surface area contributed by atoms with Gasteiger partial charge in [-0.3, -0.25) is 0 Å². The summed E-state index contributed by atoms with van der Waals surface area (Å²) in [4.78, 5) is 0. The molecule has 2 saturated heterocycles. The molecule has 0 radical (unpaired) electrons. The fraction of sp³-hybridized carbons (Fsp3) is 1.00. The van der Waals surface area contributed by atoms with E-state index in [0.29, 0.717) is 0 Å². The second-order valence-corrected chi connectivity index (χ2v) is 5.97. The van der Waals surface area contributed by atoms with Gasteiger partial charge in [-0.15, -0.1) is 0 Å². The third-order valence-corrected chi connectivity index (χ3v) is 6.10. The second-order valence-electron chi connectivity index (χ2n) is 2.52. The summed E-state index contributed by atoms with van der Waals surface area (Å²) in [6.07, 6.45) is 0. The van der Waals surface area contributed by atoms with Gasteiger partial charge in [-0.1, -0.05) is 21.6 Å². The molecule has 1 spiro atoms. The SMILES string of the molecule is C1SCC12CSSC2. The highest BCUT2D eigenvalue weighted by Gasteiger charge is 2.41. The van der Waals surface area contributed by atoms with Gasteiger partial charge in [0.2, 0.25) is 0 Å². The average molecular weight is 164 g/mol. The topological polar surface area (TPSA) is 0 Å². The maximum Gasteiger partial charge on any atom is 0.0118 e. The molecule has 46 valence electrons. The zero-order valence-electron chi connectivity index (χ0n) is 4.55. The Kier molecular flexibility index (Phi) is 1.47. The van der Waals surface area contributed by atoms with E-state index in [9.17, 15) is 0 Å². The largest absolute Gasteiger partial charge is 0.161 e. The molecule has 0 aliphatic carbocycles. The zero-order chi connectivity index (χ0) is 5.45. The lowest BCUT2D eigenvalue weighted by Gasteiger charge is -2.35. The van der Waals surface area contributed by atoms with Gasteiger partial charge in [0.05, 0.1) is 0 Å². The Balaban J connectivity index is 2.01. The van der Waals surface area contributed by atoms with Gasteiger partial charge in [0.15, 0.2) is 0 Å². The van der Waals surface area contributed by atoms with Gasteiger partial charge in [-0.2, -0.15) is 11.8 Å². The Bertz CT molecular complexity index is 89.8. The molecule has 2 aliphatic rings. The van der Waals surface area contributed by atoms with Crippen LogP contribution in [0.15, 0.2) is 0 Å². The molecule has 2 fully saturated rings. The summed E-state index contributed by atoms with van der Waals surface area (Å²) in [5.74, 6) is 5.72. The number of hydrogen-bond donors (Lipinski definition) is 0. The van der Waals surface area contributed by atoms with Crippen LogP contribution >= 0.6 is 33.3 Å². The molecule has 0 saturated carbocycles. The van der Waals surface area contributed by atoms with Gasteiger partial charge in [-0.25, -0.2) is 0 Å². The Morgan fingerprint density at radius 2 is 1.50 bits per heavy atom. The molecule has 2 heterocycles. The van der Waals surface area contributed by atoms with Crippen molar-refractivity contribution in [3.8, 4) is 0 Å². The maximum atomic E-state index is 2.11. The lowest BCUT2D eigenvalue weighted by Crippen LogP contribution is -2.37. The van der Waals surface area contributed by atoms with Crippen molar-refractivity contribution in [2.24, 2.45) is 5.41 Å². The maximum absolute atomic E-state index is 2.11. The minimum Gasteiger partial charge on any atom is -0.161 e. The summed E-state index contributed by atoms with van der Waals surface area (Å²) >= 11 is 2.11. The van der Waals surface area contributed by atoms with Crippen LogP contribution in [0, 0.1) is 5.41 Å². The predicted molar refractivity (Wildman–Crippen MR) is 44.7 cm³/mol. The fourth-order valence-corrected chi connectivity index (χ4v) is 6.05. The minimum absolute atomic E-state index is 0.806. The van der Waals surface area contributed by atoms with Crippen LogP contribution in [0.25, 0.3) is 0 Å². The van der Waals surface area contributed by atoms with Crippen LogP contribution in [0.5, 0.6) is 0 Å².